The molecule has 1 aromatic carbocycles. The van der Waals surface area contributed by atoms with Crippen molar-refractivity contribution in [2.75, 3.05) is 6.54 Å². The van der Waals surface area contributed by atoms with E-state index in [0.717, 1.165) is 22.7 Å². The summed E-state index contributed by atoms with van der Waals surface area (Å²) in [7, 11) is -3.95. The molecule has 1 N–H and O–H groups in total. The highest BCUT2D eigenvalue weighted by Crippen LogP contribution is 2.26. The summed E-state index contributed by atoms with van der Waals surface area (Å²) in [6.07, 6.45) is 1.94. The van der Waals surface area contributed by atoms with Crippen molar-refractivity contribution in [3.05, 3.63) is 29.3 Å². The van der Waals surface area contributed by atoms with Crippen molar-refractivity contribution in [2.24, 2.45) is 0 Å². The van der Waals surface area contributed by atoms with Crippen molar-refractivity contribution in [1.82, 2.24) is 4.31 Å². The van der Waals surface area contributed by atoms with Crippen LogP contribution in [0.4, 0.5) is 0 Å². The van der Waals surface area contributed by atoms with Gasteiger partial charge in [0.25, 0.3) is 0 Å². The molecule has 0 bridgehead atoms. The third-order valence-corrected chi connectivity index (χ3v) is 5.72. The van der Waals surface area contributed by atoms with E-state index in [1.165, 1.54) is 12.1 Å². The van der Waals surface area contributed by atoms with Crippen LogP contribution in [-0.2, 0) is 21.2 Å². The summed E-state index contributed by atoms with van der Waals surface area (Å²) in [5, 5.41) is 8.92. The van der Waals surface area contributed by atoms with Gasteiger partial charge in [0.15, 0.2) is 5.78 Å². The standard InChI is InChI=1S/C15H19NO5S/c1-10(2)16(9-15(18)19)22(20,21)12-7-6-11-4-3-5-14(17)13(11)8-12/h6-8,10H,3-5,9H2,1-2H3,(H,18,19). The van der Waals surface area contributed by atoms with Crippen LogP contribution < -0.4 is 0 Å². The molecule has 6 nitrogen and oxygen atoms in total. The first-order valence-corrected chi connectivity index (χ1v) is 8.57. The topological polar surface area (TPSA) is 91.8 Å². The van der Waals surface area contributed by atoms with E-state index < -0.39 is 28.6 Å². The second kappa shape index (κ2) is 6.18. The molecule has 0 unspecified atom stereocenters. The van der Waals surface area contributed by atoms with Gasteiger partial charge in [0, 0.05) is 18.0 Å². The Morgan fingerprint density at radius 1 is 1.32 bits per heavy atom. The number of aryl methyl sites for hydroxylation is 1. The summed E-state index contributed by atoms with van der Waals surface area (Å²) < 4.78 is 26.2. The first-order valence-electron chi connectivity index (χ1n) is 7.13. The third kappa shape index (κ3) is 3.20. The van der Waals surface area contributed by atoms with Gasteiger partial charge in [-0.3, -0.25) is 9.59 Å². The van der Waals surface area contributed by atoms with Gasteiger partial charge in [-0.25, -0.2) is 8.42 Å². The van der Waals surface area contributed by atoms with Crippen LogP contribution in [0.3, 0.4) is 0 Å². The number of aliphatic carboxylic acids is 1. The molecule has 0 radical (unpaired) electrons. The van der Waals surface area contributed by atoms with Gasteiger partial charge in [-0.2, -0.15) is 4.31 Å². The molecule has 2 rings (SSSR count). The van der Waals surface area contributed by atoms with Gasteiger partial charge in [-0.1, -0.05) is 6.07 Å². The van der Waals surface area contributed by atoms with Gasteiger partial charge in [0.1, 0.15) is 6.54 Å². The molecule has 120 valence electrons. The summed E-state index contributed by atoms with van der Waals surface area (Å²) in [5.74, 6) is -1.28. The van der Waals surface area contributed by atoms with Crippen LogP contribution in [0.1, 0.15) is 42.6 Å². The molecule has 0 spiro atoms. The number of benzene rings is 1. The molecule has 0 fully saturated rings. The minimum atomic E-state index is -3.95. The number of ketones is 1. The van der Waals surface area contributed by atoms with E-state index in [4.69, 9.17) is 5.11 Å². The third-order valence-electron chi connectivity index (χ3n) is 3.71. The zero-order valence-electron chi connectivity index (χ0n) is 12.6. The maximum atomic E-state index is 12.7. The minimum absolute atomic E-state index is 0.0311. The van der Waals surface area contributed by atoms with Crippen LogP contribution in [-0.4, -0.2) is 42.2 Å². The monoisotopic (exact) mass is 325 g/mol. The number of hydrogen-bond acceptors (Lipinski definition) is 4. The quantitative estimate of drug-likeness (QED) is 0.889. The van der Waals surface area contributed by atoms with E-state index in [1.54, 1.807) is 19.9 Å². The fourth-order valence-corrected chi connectivity index (χ4v) is 4.19. The average Bonchev–Trinajstić information content (AvgIpc) is 2.44. The number of hydrogen-bond donors (Lipinski definition) is 1. The summed E-state index contributed by atoms with van der Waals surface area (Å²) in [6.45, 7) is 2.62. The first kappa shape index (κ1) is 16.6. The number of nitrogens with zero attached hydrogens (tertiary/aromatic N) is 1. The smallest absolute Gasteiger partial charge is 0.318 e. The molecule has 0 atom stereocenters. The summed E-state index contributed by atoms with van der Waals surface area (Å²) in [4.78, 5) is 22.8. The van der Waals surface area contributed by atoms with E-state index in [-0.39, 0.29) is 10.7 Å². The highest BCUT2D eigenvalue weighted by molar-refractivity contribution is 7.89. The molecule has 0 aromatic heterocycles. The number of carboxylic acid groups (broad SMARTS) is 1. The highest BCUT2D eigenvalue weighted by atomic mass is 32.2. The molecule has 22 heavy (non-hydrogen) atoms. The van der Waals surface area contributed by atoms with Crippen LogP contribution >= 0.6 is 0 Å². The SMILES string of the molecule is CC(C)N(CC(=O)O)S(=O)(=O)c1ccc2c(c1)C(=O)CCC2. The van der Waals surface area contributed by atoms with Crippen LogP contribution in [0.15, 0.2) is 23.1 Å². The van der Waals surface area contributed by atoms with Gasteiger partial charge in [0.05, 0.1) is 4.90 Å². The lowest BCUT2D eigenvalue weighted by molar-refractivity contribution is -0.137. The Morgan fingerprint density at radius 3 is 2.59 bits per heavy atom. The Hall–Kier alpha value is -1.73. The average molecular weight is 325 g/mol. The highest BCUT2D eigenvalue weighted by Gasteiger charge is 2.30. The Balaban J connectivity index is 2.46. The lowest BCUT2D eigenvalue weighted by atomic mass is 9.91. The zero-order valence-corrected chi connectivity index (χ0v) is 13.4. The largest absolute Gasteiger partial charge is 0.480 e. The van der Waals surface area contributed by atoms with Crippen molar-refractivity contribution in [3.63, 3.8) is 0 Å². The van der Waals surface area contributed by atoms with Crippen molar-refractivity contribution < 1.29 is 23.1 Å². The Kier molecular flexibility index (Phi) is 4.67. The number of carbonyl (C=O) groups is 2. The number of sulfonamides is 1. The summed E-state index contributed by atoms with van der Waals surface area (Å²) in [5.41, 5.74) is 1.29. The Labute approximate surface area is 129 Å². The Morgan fingerprint density at radius 2 is 2.00 bits per heavy atom. The molecule has 1 aliphatic carbocycles. The number of carboxylic acids is 1. The van der Waals surface area contributed by atoms with Crippen LogP contribution in [0.2, 0.25) is 0 Å². The van der Waals surface area contributed by atoms with Crippen molar-refractivity contribution in [1.29, 1.82) is 0 Å². The van der Waals surface area contributed by atoms with E-state index in [1.807, 2.05) is 0 Å². The summed E-state index contributed by atoms with van der Waals surface area (Å²) >= 11 is 0. The molecule has 7 heteroatoms. The maximum absolute atomic E-state index is 12.7. The molecule has 0 amide bonds. The molecular weight excluding hydrogens is 306 g/mol. The van der Waals surface area contributed by atoms with E-state index in [9.17, 15) is 18.0 Å². The number of rotatable bonds is 5. The second-order valence-electron chi connectivity index (χ2n) is 5.63. The minimum Gasteiger partial charge on any atom is -0.480 e. The van der Waals surface area contributed by atoms with Gasteiger partial charge in [-0.05, 0) is 44.4 Å². The molecule has 1 aliphatic rings. The van der Waals surface area contributed by atoms with Gasteiger partial charge in [-0.15, -0.1) is 0 Å². The predicted octanol–water partition coefficient (Wildman–Crippen LogP) is 1.69. The number of Topliss-reactive ketones (excluding diaryl/α,β-unsaturated/α-hetero) is 1. The number of fused-ring (bicyclic) bond motifs is 1. The molecule has 1 aromatic rings. The molecular formula is C15H19NO5S. The molecule has 0 saturated carbocycles. The van der Waals surface area contributed by atoms with Crippen molar-refractivity contribution in [2.45, 2.75) is 44.0 Å². The lowest BCUT2D eigenvalue weighted by Crippen LogP contribution is -2.40. The molecule has 0 heterocycles. The predicted molar refractivity (Wildman–Crippen MR) is 80.4 cm³/mol. The van der Waals surface area contributed by atoms with Crippen molar-refractivity contribution >= 4 is 21.8 Å². The summed E-state index contributed by atoms with van der Waals surface area (Å²) in [6, 6.07) is 3.99. The number of carbonyl (C=O) groups excluding carboxylic acids is 1. The van der Waals surface area contributed by atoms with E-state index in [2.05, 4.69) is 0 Å². The molecule has 0 aliphatic heterocycles. The van der Waals surface area contributed by atoms with E-state index in [0.29, 0.717) is 12.0 Å². The normalized spacial score (nSPS) is 15.2. The fraction of sp³-hybridized carbons (Fsp3) is 0.467. The Bertz CT molecular complexity index is 709. The van der Waals surface area contributed by atoms with Gasteiger partial charge >= 0.3 is 5.97 Å². The van der Waals surface area contributed by atoms with Crippen LogP contribution in [0.25, 0.3) is 0 Å². The van der Waals surface area contributed by atoms with Crippen molar-refractivity contribution in [3.8, 4) is 0 Å². The molecule has 0 saturated heterocycles. The maximum Gasteiger partial charge on any atom is 0.318 e. The van der Waals surface area contributed by atoms with Gasteiger partial charge in [0.2, 0.25) is 10.0 Å². The van der Waals surface area contributed by atoms with Gasteiger partial charge < -0.3 is 5.11 Å². The van der Waals surface area contributed by atoms with E-state index >= 15 is 0 Å². The zero-order chi connectivity index (χ0) is 16.5. The van der Waals surface area contributed by atoms with Crippen LogP contribution in [0.5, 0.6) is 0 Å². The fourth-order valence-electron chi connectivity index (χ4n) is 2.58. The first-order chi connectivity index (χ1) is 10.2. The lowest BCUT2D eigenvalue weighted by Gasteiger charge is -2.25. The van der Waals surface area contributed by atoms with Crippen LogP contribution in [0, 0.1) is 0 Å². The second-order valence-corrected chi connectivity index (χ2v) is 7.52.